The predicted octanol–water partition coefficient (Wildman–Crippen LogP) is 12.4. The predicted molar refractivity (Wildman–Crippen MR) is 228 cm³/mol. The van der Waals surface area contributed by atoms with Gasteiger partial charge in [-0.25, -0.2) is 0 Å². The quantitative estimate of drug-likeness (QED) is 0.117. The molecule has 0 aromatic heterocycles. The Morgan fingerprint density at radius 2 is 0.963 bits per heavy atom. The number of fused-ring (bicyclic) bond motifs is 2. The van der Waals surface area contributed by atoms with Crippen molar-refractivity contribution in [1.29, 1.82) is 0 Å². The first-order valence-electron chi connectivity index (χ1n) is 20.0. The van der Waals surface area contributed by atoms with Crippen molar-refractivity contribution >= 4 is 45.7 Å². The number of allylic oxidation sites excluding steroid dienone is 2. The van der Waals surface area contributed by atoms with Crippen LogP contribution in [0.5, 0.6) is 0 Å². The Morgan fingerprint density at radius 1 is 0.574 bits per heavy atom. The van der Waals surface area contributed by atoms with Crippen molar-refractivity contribution in [2.24, 2.45) is 0 Å². The summed E-state index contributed by atoms with van der Waals surface area (Å²) < 4.78 is -1.65. The molecule has 281 valence electrons. The normalized spacial score (nSPS) is 16.8. The van der Waals surface area contributed by atoms with Gasteiger partial charge in [-0.3, -0.25) is 0 Å². The van der Waals surface area contributed by atoms with Gasteiger partial charge in [-0.2, -0.15) is 0 Å². The third-order valence-corrected chi connectivity index (χ3v) is 40.2. The van der Waals surface area contributed by atoms with Crippen LogP contribution < -0.4 is 10.5 Å². The number of hydrogen-bond donors (Lipinski definition) is 2. The molecule has 2 unspecified atom stereocenters. The van der Waals surface area contributed by atoms with E-state index < -0.39 is 20.5 Å². The molecule has 0 saturated heterocycles. The minimum absolute atomic E-state index is 0.185. The van der Waals surface area contributed by atoms with E-state index in [0.717, 1.165) is 71.9 Å². The molecule has 0 spiro atoms. The molecule has 0 radical (unpaired) electrons. The second kappa shape index (κ2) is 16.9. The van der Waals surface area contributed by atoms with Crippen LogP contribution in [0.2, 0.25) is 0 Å². The van der Waals surface area contributed by atoms with Crippen LogP contribution in [0.3, 0.4) is 0 Å². The van der Waals surface area contributed by atoms with E-state index in [9.17, 15) is 9.59 Å². The summed E-state index contributed by atoms with van der Waals surface area (Å²) in [6.07, 6.45) is 10.4. The SMILES string of the molecule is CCCC1=Cc2c(-c3ccccc3CC)cccc2[CH]1[Hf]([Cl])([Cl])([B](NC(=O)CC)NC(=O)CC)[CH]1C(CCC)=Cc2c(-c3ccccc3CC)cccc21. The molecule has 2 aliphatic carbocycles. The molecule has 2 N–H and O–H groups in total. The molecular weight excluding hydrogens is 873 g/mol. The topological polar surface area (TPSA) is 58.2 Å². The summed E-state index contributed by atoms with van der Waals surface area (Å²) in [4.78, 5) is 27.3. The van der Waals surface area contributed by atoms with E-state index in [0.29, 0.717) is 0 Å². The van der Waals surface area contributed by atoms with Crippen LogP contribution in [0.4, 0.5) is 0 Å². The number of carbonyl (C=O) groups is 2. The fourth-order valence-electron chi connectivity index (χ4n) is 9.23. The molecule has 8 heteroatoms. The van der Waals surface area contributed by atoms with Gasteiger partial charge in [0.05, 0.1) is 0 Å². The molecule has 6 rings (SSSR count). The van der Waals surface area contributed by atoms with Crippen molar-refractivity contribution in [3.63, 3.8) is 0 Å². The fraction of sp³-hybridized carbons (Fsp3) is 0.348. The second-order valence-corrected chi connectivity index (χ2v) is 45.4. The van der Waals surface area contributed by atoms with E-state index in [1.54, 1.807) is 0 Å². The van der Waals surface area contributed by atoms with Gasteiger partial charge in [0, 0.05) is 0 Å². The first-order valence-corrected chi connectivity index (χ1v) is 35.2. The standard InChI is InChI=1S/2C20H21.C6H11BN2O2.2ClH.Hf/c2*1-3-8-15-13-17-10-7-12-19(20(17)14-15)18-11-6-5-9-16(18)4-2;1-3-5(10)8-7-9-6(11)4-2;;;/h2*5-7,9-14H,3-4,8H2,1-2H3;3-4H2,1-2H3,(H-,8,9,10,11);2*1H;/q;;;;;+1/p-1. The number of aryl methyl sites for hydroxylation is 2. The molecule has 2 aliphatic rings. The Morgan fingerprint density at radius 3 is 1.33 bits per heavy atom. The van der Waals surface area contributed by atoms with Crippen molar-refractivity contribution in [3.8, 4) is 22.3 Å². The van der Waals surface area contributed by atoms with Crippen LogP contribution >= 0.6 is 17.2 Å². The summed E-state index contributed by atoms with van der Waals surface area (Å²) in [7, 11) is 17.8. The summed E-state index contributed by atoms with van der Waals surface area (Å²) in [6.45, 7) is 12.4. The maximum atomic E-state index is 13.7. The fourth-order valence-corrected chi connectivity index (χ4v) is 39.0. The average molecular weight is 927 g/mol. The number of nitrogens with one attached hydrogen (secondary N) is 2. The van der Waals surface area contributed by atoms with E-state index in [4.69, 9.17) is 17.2 Å². The van der Waals surface area contributed by atoms with E-state index in [2.05, 4.69) is 135 Å². The van der Waals surface area contributed by atoms with E-state index in [1.807, 2.05) is 13.8 Å². The Bertz CT molecular complexity index is 1980. The Balaban J connectivity index is 1.71. The summed E-state index contributed by atoms with van der Waals surface area (Å²) >= 11 is -6.13. The van der Waals surface area contributed by atoms with Crippen LogP contribution in [-0.4, -0.2) is 16.4 Å². The number of halogens is 2. The molecule has 4 nitrogen and oxygen atoms in total. The van der Waals surface area contributed by atoms with Crippen LogP contribution in [0.1, 0.15) is 121 Å². The molecule has 2 atom stereocenters. The summed E-state index contributed by atoms with van der Waals surface area (Å²) in [6, 6.07) is 30.3. The van der Waals surface area contributed by atoms with Crippen molar-refractivity contribution in [2.75, 3.05) is 0 Å². The van der Waals surface area contributed by atoms with E-state index >= 15 is 0 Å². The number of benzene rings is 4. The van der Waals surface area contributed by atoms with Gasteiger partial charge in [0.25, 0.3) is 0 Å². The third kappa shape index (κ3) is 7.16. The Hall–Kier alpha value is -3.18. The van der Waals surface area contributed by atoms with Crippen LogP contribution in [0.25, 0.3) is 34.4 Å². The zero-order chi connectivity index (χ0) is 38.6. The first kappa shape index (κ1) is 40.5. The molecule has 4 aromatic carbocycles. The molecule has 0 saturated carbocycles. The third-order valence-electron chi connectivity index (χ3n) is 11.7. The zero-order valence-corrected chi connectivity index (χ0v) is 37.8. The van der Waals surface area contributed by atoms with Gasteiger partial charge in [-0.05, 0) is 0 Å². The molecule has 2 amide bonds. The maximum absolute atomic E-state index is 13.7. The minimum atomic E-state index is -6.13. The van der Waals surface area contributed by atoms with E-state index in [1.165, 1.54) is 33.4 Å². The Labute approximate surface area is 331 Å². The van der Waals surface area contributed by atoms with Crippen molar-refractivity contribution < 1.29 is 25.5 Å². The molecule has 0 aliphatic heterocycles. The van der Waals surface area contributed by atoms with Crippen LogP contribution in [-0.2, 0) is 38.3 Å². The van der Waals surface area contributed by atoms with Gasteiger partial charge in [-0.1, -0.05) is 0 Å². The van der Waals surface area contributed by atoms with Crippen molar-refractivity contribution in [2.45, 2.75) is 100 Å². The average Bonchev–Trinajstić information content (AvgIpc) is 3.77. The molecule has 54 heavy (non-hydrogen) atoms. The summed E-state index contributed by atoms with van der Waals surface area (Å²) in [5.74, 6) is -0.370. The number of carbonyl (C=O) groups excluding carboxylic acids is 2. The summed E-state index contributed by atoms with van der Waals surface area (Å²) in [5.41, 5.74) is 14.1. The van der Waals surface area contributed by atoms with Crippen molar-refractivity contribution in [3.05, 3.63) is 129 Å². The molecule has 4 aromatic rings. The van der Waals surface area contributed by atoms with Crippen LogP contribution in [0, 0.1) is 0 Å². The van der Waals surface area contributed by atoms with Gasteiger partial charge in [0.2, 0.25) is 0 Å². The molecular formula is C46H54BCl2HfN2O2. The van der Waals surface area contributed by atoms with E-state index in [-0.39, 0.29) is 32.0 Å². The van der Waals surface area contributed by atoms with Crippen molar-refractivity contribution in [1.82, 2.24) is 10.5 Å². The van der Waals surface area contributed by atoms with Gasteiger partial charge in [0.1, 0.15) is 0 Å². The second-order valence-electron chi connectivity index (χ2n) is 14.9. The molecule has 0 heterocycles. The monoisotopic (exact) mass is 927 g/mol. The number of hydrogen-bond acceptors (Lipinski definition) is 2. The Kier molecular flexibility index (Phi) is 12.7. The number of amides is 2. The molecule has 0 fully saturated rings. The van der Waals surface area contributed by atoms with Gasteiger partial charge in [0.15, 0.2) is 0 Å². The molecule has 0 bridgehead atoms. The first-order chi connectivity index (χ1) is 26.0. The number of rotatable bonds is 15. The van der Waals surface area contributed by atoms with Gasteiger partial charge >= 0.3 is 334 Å². The van der Waals surface area contributed by atoms with Gasteiger partial charge < -0.3 is 0 Å². The summed E-state index contributed by atoms with van der Waals surface area (Å²) in [5, 5.41) is 6.58. The van der Waals surface area contributed by atoms with Crippen LogP contribution in [0.15, 0.2) is 96.1 Å². The zero-order valence-electron chi connectivity index (χ0n) is 32.7. The van der Waals surface area contributed by atoms with Gasteiger partial charge in [-0.15, -0.1) is 0 Å².